The quantitative estimate of drug-likeness (QED) is 0.351. The van der Waals surface area contributed by atoms with Crippen molar-refractivity contribution in [1.82, 2.24) is 0 Å². The van der Waals surface area contributed by atoms with E-state index in [2.05, 4.69) is 74.5 Å². The molecule has 0 aliphatic heterocycles. The molecule has 0 nitrogen and oxygen atoms in total. The molecule has 0 spiro atoms. The van der Waals surface area contributed by atoms with Crippen LogP contribution in [0.4, 0.5) is 0 Å². The van der Waals surface area contributed by atoms with Crippen molar-refractivity contribution < 1.29 is 0 Å². The first kappa shape index (κ1) is 11.5. The van der Waals surface area contributed by atoms with Gasteiger partial charge in [-0.3, -0.25) is 0 Å². The van der Waals surface area contributed by atoms with E-state index in [1.807, 2.05) is 0 Å². The maximum absolute atomic E-state index is 2.31. The number of benzene rings is 4. The van der Waals surface area contributed by atoms with Crippen molar-refractivity contribution >= 4 is 32.3 Å². The van der Waals surface area contributed by atoms with E-state index in [1.54, 1.807) is 0 Å². The van der Waals surface area contributed by atoms with Crippen LogP contribution in [0, 0.1) is 13.8 Å². The van der Waals surface area contributed by atoms with Gasteiger partial charge in [-0.1, -0.05) is 66.2 Å². The van der Waals surface area contributed by atoms with E-state index in [0.29, 0.717) is 0 Å². The predicted octanol–water partition coefficient (Wildman–Crippen LogP) is 5.76. The van der Waals surface area contributed by atoms with Gasteiger partial charge in [0.25, 0.3) is 0 Å². The Kier molecular flexibility index (Phi) is 2.34. The maximum atomic E-state index is 2.31. The molecule has 0 radical (unpaired) electrons. The topological polar surface area (TPSA) is 0 Å². The molecule has 0 amide bonds. The smallest absolute Gasteiger partial charge is 0.00241 e. The number of rotatable bonds is 0. The standard InChI is InChI=1S/C20H16/c1-13-7-8-16-12-14(2)17-10-9-15-5-3-4-6-18(15)20(17)19(16)11-13/h3-12H,1-2H3. The molecule has 0 atom stereocenters. The monoisotopic (exact) mass is 256 g/mol. The second kappa shape index (κ2) is 4.08. The summed E-state index contributed by atoms with van der Waals surface area (Å²) in [5.74, 6) is 0. The van der Waals surface area contributed by atoms with Gasteiger partial charge in [0, 0.05) is 0 Å². The van der Waals surface area contributed by atoms with E-state index < -0.39 is 0 Å². The summed E-state index contributed by atoms with van der Waals surface area (Å²) < 4.78 is 0. The molecule has 0 unspecified atom stereocenters. The Balaban J connectivity index is 2.39. The highest BCUT2D eigenvalue weighted by atomic mass is 14.1. The molecule has 0 aliphatic rings. The number of aryl methyl sites for hydroxylation is 2. The van der Waals surface area contributed by atoms with Gasteiger partial charge in [0.1, 0.15) is 0 Å². The van der Waals surface area contributed by atoms with Gasteiger partial charge in [-0.15, -0.1) is 0 Å². The summed E-state index contributed by atoms with van der Waals surface area (Å²) in [6.07, 6.45) is 0. The number of fused-ring (bicyclic) bond motifs is 5. The predicted molar refractivity (Wildman–Crippen MR) is 88.4 cm³/mol. The highest BCUT2D eigenvalue weighted by Gasteiger charge is 2.07. The first-order valence-electron chi connectivity index (χ1n) is 7.05. The van der Waals surface area contributed by atoms with Crippen molar-refractivity contribution in [2.75, 3.05) is 0 Å². The molecule has 0 fully saturated rings. The van der Waals surface area contributed by atoms with Gasteiger partial charge < -0.3 is 0 Å². The lowest BCUT2D eigenvalue weighted by Gasteiger charge is -2.11. The van der Waals surface area contributed by atoms with E-state index in [1.165, 1.54) is 43.4 Å². The number of hydrogen-bond acceptors (Lipinski definition) is 0. The van der Waals surface area contributed by atoms with Gasteiger partial charge in [0.15, 0.2) is 0 Å². The Hall–Kier alpha value is -2.34. The third-order valence-corrected chi connectivity index (χ3v) is 4.20. The SMILES string of the molecule is Cc1ccc2cc(C)c3ccc4ccccc4c3c2c1. The largest absolute Gasteiger partial charge is 0.0616 e. The zero-order valence-electron chi connectivity index (χ0n) is 11.8. The minimum atomic E-state index is 1.31. The molecule has 0 bridgehead atoms. The van der Waals surface area contributed by atoms with Crippen LogP contribution in [0.1, 0.15) is 11.1 Å². The molecule has 0 heterocycles. The summed E-state index contributed by atoms with van der Waals surface area (Å²) in [4.78, 5) is 0. The average Bonchev–Trinajstić information content (AvgIpc) is 2.47. The average molecular weight is 256 g/mol. The fourth-order valence-corrected chi connectivity index (χ4v) is 3.21. The molecule has 0 saturated heterocycles. The molecular formula is C20H16. The normalized spacial score (nSPS) is 11.5. The molecule has 0 aliphatic carbocycles. The summed E-state index contributed by atoms with van der Waals surface area (Å²) in [7, 11) is 0. The molecule has 20 heavy (non-hydrogen) atoms. The molecule has 0 heteroatoms. The maximum Gasteiger partial charge on any atom is -0.00241 e. The Morgan fingerprint density at radius 1 is 0.600 bits per heavy atom. The molecule has 0 saturated carbocycles. The highest BCUT2D eigenvalue weighted by Crippen LogP contribution is 2.34. The molecule has 4 rings (SSSR count). The summed E-state index contributed by atoms with van der Waals surface area (Å²) >= 11 is 0. The van der Waals surface area contributed by atoms with Crippen molar-refractivity contribution in [2.45, 2.75) is 13.8 Å². The van der Waals surface area contributed by atoms with Crippen LogP contribution in [-0.2, 0) is 0 Å². The van der Waals surface area contributed by atoms with E-state index in [-0.39, 0.29) is 0 Å². The van der Waals surface area contributed by atoms with Gasteiger partial charge in [-0.2, -0.15) is 0 Å². The van der Waals surface area contributed by atoms with Crippen molar-refractivity contribution in [3.05, 3.63) is 71.8 Å². The van der Waals surface area contributed by atoms with Gasteiger partial charge in [-0.05, 0) is 51.7 Å². The lowest BCUT2D eigenvalue weighted by Crippen LogP contribution is -1.85. The van der Waals surface area contributed by atoms with E-state index in [4.69, 9.17) is 0 Å². The van der Waals surface area contributed by atoms with Gasteiger partial charge >= 0.3 is 0 Å². The molecule has 4 aromatic rings. The van der Waals surface area contributed by atoms with Crippen LogP contribution < -0.4 is 0 Å². The van der Waals surface area contributed by atoms with Crippen LogP contribution in [0.5, 0.6) is 0 Å². The number of hydrogen-bond donors (Lipinski definition) is 0. The minimum Gasteiger partial charge on any atom is -0.0616 e. The highest BCUT2D eigenvalue weighted by molar-refractivity contribution is 6.21. The van der Waals surface area contributed by atoms with Gasteiger partial charge in [0.2, 0.25) is 0 Å². The van der Waals surface area contributed by atoms with Crippen LogP contribution >= 0.6 is 0 Å². The van der Waals surface area contributed by atoms with Crippen molar-refractivity contribution in [3.8, 4) is 0 Å². The third-order valence-electron chi connectivity index (χ3n) is 4.20. The minimum absolute atomic E-state index is 1.31. The zero-order chi connectivity index (χ0) is 13.7. The van der Waals surface area contributed by atoms with Crippen LogP contribution in [0.15, 0.2) is 60.7 Å². The van der Waals surface area contributed by atoms with E-state index in [9.17, 15) is 0 Å². The Labute approximate surface area is 118 Å². The molecular weight excluding hydrogens is 240 g/mol. The van der Waals surface area contributed by atoms with Crippen molar-refractivity contribution in [2.24, 2.45) is 0 Å². The van der Waals surface area contributed by atoms with Crippen molar-refractivity contribution in [1.29, 1.82) is 0 Å². The summed E-state index contributed by atoms with van der Waals surface area (Å²) in [5.41, 5.74) is 2.66. The Bertz CT molecular complexity index is 962. The fraction of sp³-hybridized carbons (Fsp3) is 0.100. The van der Waals surface area contributed by atoms with Crippen LogP contribution in [0.25, 0.3) is 32.3 Å². The van der Waals surface area contributed by atoms with E-state index >= 15 is 0 Å². The molecule has 0 N–H and O–H groups in total. The van der Waals surface area contributed by atoms with Crippen molar-refractivity contribution in [3.63, 3.8) is 0 Å². The lowest BCUT2D eigenvalue weighted by molar-refractivity contribution is 1.50. The summed E-state index contributed by atoms with van der Waals surface area (Å²) in [6, 6.07) is 22.2. The van der Waals surface area contributed by atoms with Crippen LogP contribution in [-0.4, -0.2) is 0 Å². The Morgan fingerprint density at radius 2 is 1.40 bits per heavy atom. The summed E-state index contributed by atoms with van der Waals surface area (Å²) in [5, 5.41) is 8.11. The second-order valence-corrected chi connectivity index (χ2v) is 5.63. The second-order valence-electron chi connectivity index (χ2n) is 5.63. The fourth-order valence-electron chi connectivity index (χ4n) is 3.21. The molecule has 4 aromatic carbocycles. The van der Waals surface area contributed by atoms with Crippen LogP contribution in [0.2, 0.25) is 0 Å². The molecule has 96 valence electrons. The first-order chi connectivity index (χ1) is 9.74. The first-order valence-corrected chi connectivity index (χ1v) is 7.05. The van der Waals surface area contributed by atoms with Crippen LogP contribution in [0.3, 0.4) is 0 Å². The van der Waals surface area contributed by atoms with E-state index in [0.717, 1.165) is 0 Å². The molecule has 0 aromatic heterocycles. The zero-order valence-corrected chi connectivity index (χ0v) is 11.8. The Morgan fingerprint density at radius 3 is 2.30 bits per heavy atom. The van der Waals surface area contributed by atoms with Gasteiger partial charge in [0.05, 0.1) is 0 Å². The third kappa shape index (κ3) is 1.55. The summed E-state index contributed by atoms with van der Waals surface area (Å²) in [6.45, 7) is 4.37. The van der Waals surface area contributed by atoms with Gasteiger partial charge in [-0.25, -0.2) is 0 Å². The lowest BCUT2D eigenvalue weighted by atomic mass is 9.93.